The number of benzene rings is 4. The number of fused-ring (bicyclic) bond motifs is 4. The number of rotatable bonds is 3. The highest BCUT2D eigenvalue weighted by Crippen LogP contribution is 2.42. The molecule has 0 saturated heterocycles. The summed E-state index contributed by atoms with van der Waals surface area (Å²) in [5.41, 5.74) is 13.1. The molecule has 3 aromatic heterocycles. The van der Waals surface area contributed by atoms with Gasteiger partial charge in [-0.05, 0) is 100 Å². The van der Waals surface area contributed by atoms with Crippen LogP contribution >= 0.6 is 0 Å². The summed E-state index contributed by atoms with van der Waals surface area (Å²) in [5, 5.41) is 4.58. The van der Waals surface area contributed by atoms with Crippen molar-refractivity contribution >= 4 is 32.8 Å². The lowest BCUT2D eigenvalue weighted by Crippen LogP contribution is -2.10. The van der Waals surface area contributed by atoms with Crippen LogP contribution in [-0.2, 0) is 5.41 Å². The van der Waals surface area contributed by atoms with Crippen LogP contribution in [0.15, 0.2) is 102 Å². The first-order valence-electron chi connectivity index (χ1n) is 14.6. The number of hydrogen-bond donors (Lipinski definition) is 0. The smallest absolute Gasteiger partial charge is 0.227 e. The van der Waals surface area contributed by atoms with Gasteiger partial charge in [0, 0.05) is 28.2 Å². The van der Waals surface area contributed by atoms with Gasteiger partial charge in [-0.2, -0.15) is 0 Å². The molecular formula is C39H34N2O. The van der Waals surface area contributed by atoms with Gasteiger partial charge >= 0.3 is 0 Å². The molecule has 3 heterocycles. The zero-order valence-corrected chi connectivity index (χ0v) is 25.0. The Balaban J connectivity index is 1.41. The van der Waals surface area contributed by atoms with Crippen LogP contribution in [0.4, 0.5) is 0 Å². The van der Waals surface area contributed by atoms with E-state index in [0.29, 0.717) is 5.71 Å². The minimum atomic E-state index is 0.124. The van der Waals surface area contributed by atoms with Crippen LogP contribution in [0.3, 0.4) is 0 Å². The van der Waals surface area contributed by atoms with Crippen LogP contribution in [0.1, 0.15) is 43.2 Å². The van der Waals surface area contributed by atoms with E-state index in [1.807, 2.05) is 19.2 Å². The molecule has 0 saturated carbocycles. The van der Waals surface area contributed by atoms with E-state index in [4.69, 9.17) is 9.40 Å². The first-order chi connectivity index (χ1) is 20.2. The molecule has 0 bridgehead atoms. The number of nitrogens with zero attached hydrogens (tertiary/aromatic N) is 2. The van der Waals surface area contributed by atoms with Crippen molar-refractivity contribution in [1.29, 1.82) is 0 Å². The molecule has 3 heteroatoms. The Hall–Kier alpha value is -4.76. The van der Waals surface area contributed by atoms with Crippen molar-refractivity contribution < 1.29 is 4.42 Å². The summed E-state index contributed by atoms with van der Waals surface area (Å²) in [5.74, 6) is 0. The van der Waals surface area contributed by atoms with Crippen molar-refractivity contribution in [3.63, 3.8) is 0 Å². The van der Waals surface area contributed by atoms with E-state index in [0.717, 1.165) is 38.9 Å². The fraction of sp³-hybridized carbons (Fsp3) is 0.179. The van der Waals surface area contributed by atoms with Crippen molar-refractivity contribution in [2.75, 3.05) is 0 Å². The van der Waals surface area contributed by atoms with Gasteiger partial charge in [0.2, 0.25) is 5.71 Å². The molecule has 7 aromatic rings. The number of aryl methyl sites for hydroxylation is 3. The number of furan rings is 1. The summed E-state index contributed by atoms with van der Waals surface area (Å²) in [7, 11) is 0. The van der Waals surface area contributed by atoms with Crippen molar-refractivity contribution in [3.05, 3.63) is 120 Å². The monoisotopic (exact) mass is 546 g/mol. The Kier molecular flexibility index (Phi) is 6.02. The zero-order chi connectivity index (χ0) is 29.2. The Morgan fingerprint density at radius 1 is 0.619 bits per heavy atom. The Bertz CT molecular complexity index is 2140. The van der Waals surface area contributed by atoms with Crippen molar-refractivity contribution in [1.82, 2.24) is 9.97 Å². The van der Waals surface area contributed by atoms with Crippen LogP contribution in [-0.4, -0.2) is 9.97 Å². The summed E-state index contributed by atoms with van der Waals surface area (Å²) < 4.78 is 6.33. The molecule has 42 heavy (non-hydrogen) atoms. The third-order valence-electron chi connectivity index (χ3n) is 8.46. The molecule has 206 valence electrons. The Labute approximate surface area is 246 Å². The van der Waals surface area contributed by atoms with Crippen LogP contribution in [0.2, 0.25) is 0 Å². The SMILES string of the molecule is Cc1ccc2c(n1)oc1c(-c3cc(-c4c(C)cc(-c5ccc(C(C)(C)C)cc5)c5ccccc45)c(C)cn3)cccc12. The second-order valence-electron chi connectivity index (χ2n) is 12.5. The van der Waals surface area contributed by atoms with Crippen LogP contribution in [0.5, 0.6) is 0 Å². The molecule has 4 aromatic carbocycles. The third kappa shape index (κ3) is 4.28. The van der Waals surface area contributed by atoms with Crippen LogP contribution < -0.4 is 0 Å². The van der Waals surface area contributed by atoms with E-state index in [-0.39, 0.29) is 5.41 Å². The van der Waals surface area contributed by atoms with Crippen LogP contribution in [0, 0.1) is 20.8 Å². The van der Waals surface area contributed by atoms with Gasteiger partial charge < -0.3 is 4.42 Å². The quantitative estimate of drug-likeness (QED) is 0.221. The Morgan fingerprint density at radius 2 is 1.36 bits per heavy atom. The molecule has 0 fully saturated rings. The van der Waals surface area contributed by atoms with Gasteiger partial charge in [0.05, 0.1) is 5.69 Å². The number of hydrogen-bond acceptors (Lipinski definition) is 3. The normalized spacial score (nSPS) is 12.0. The molecule has 0 unspecified atom stereocenters. The first-order valence-corrected chi connectivity index (χ1v) is 14.6. The Morgan fingerprint density at radius 3 is 2.12 bits per heavy atom. The van der Waals surface area contributed by atoms with Gasteiger partial charge in [0.15, 0.2) is 0 Å². The summed E-state index contributed by atoms with van der Waals surface area (Å²) >= 11 is 0. The van der Waals surface area contributed by atoms with Gasteiger partial charge in [0.1, 0.15) is 5.58 Å². The second kappa shape index (κ2) is 9.66. The van der Waals surface area contributed by atoms with E-state index in [9.17, 15) is 0 Å². The maximum Gasteiger partial charge on any atom is 0.227 e. The summed E-state index contributed by atoms with van der Waals surface area (Å²) in [6, 6.07) is 32.8. The van der Waals surface area contributed by atoms with Crippen molar-refractivity contribution in [3.8, 4) is 33.5 Å². The van der Waals surface area contributed by atoms with E-state index in [1.54, 1.807) is 0 Å². The van der Waals surface area contributed by atoms with Gasteiger partial charge in [0.25, 0.3) is 0 Å². The summed E-state index contributed by atoms with van der Waals surface area (Å²) in [4.78, 5) is 9.53. The average Bonchev–Trinajstić information content (AvgIpc) is 3.35. The fourth-order valence-electron chi connectivity index (χ4n) is 6.17. The second-order valence-corrected chi connectivity index (χ2v) is 12.5. The maximum absolute atomic E-state index is 6.33. The average molecular weight is 547 g/mol. The van der Waals surface area contributed by atoms with Crippen molar-refractivity contribution in [2.24, 2.45) is 0 Å². The first kappa shape index (κ1) is 26.2. The highest BCUT2D eigenvalue weighted by molar-refractivity contribution is 6.09. The minimum absolute atomic E-state index is 0.124. The van der Waals surface area contributed by atoms with Gasteiger partial charge in [-0.25, -0.2) is 4.98 Å². The molecule has 0 amide bonds. The van der Waals surface area contributed by atoms with Crippen molar-refractivity contribution in [2.45, 2.75) is 47.0 Å². The maximum atomic E-state index is 6.33. The van der Waals surface area contributed by atoms with Crippen LogP contribution in [0.25, 0.3) is 66.4 Å². The third-order valence-corrected chi connectivity index (χ3v) is 8.46. The predicted molar refractivity (Wildman–Crippen MR) is 176 cm³/mol. The molecule has 0 aliphatic rings. The van der Waals surface area contributed by atoms with E-state index in [1.165, 1.54) is 44.2 Å². The lowest BCUT2D eigenvalue weighted by Gasteiger charge is -2.20. The molecule has 0 N–H and O–H groups in total. The largest absolute Gasteiger partial charge is 0.437 e. The minimum Gasteiger partial charge on any atom is -0.437 e. The highest BCUT2D eigenvalue weighted by atomic mass is 16.3. The molecule has 0 radical (unpaired) electrons. The predicted octanol–water partition coefficient (Wildman–Crippen LogP) is 10.8. The molecule has 0 aliphatic heterocycles. The molecular weight excluding hydrogens is 512 g/mol. The molecule has 0 atom stereocenters. The lowest BCUT2D eigenvalue weighted by molar-refractivity contribution is 0.590. The molecule has 3 nitrogen and oxygen atoms in total. The van der Waals surface area contributed by atoms with Gasteiger partial charge in [-0.1, -0.05) is 87.5 Å². The zero-order valence-electron chi connectivity index (χ0n) is 25.0. The molecule has 7 rings (SSSR count). The topological polar surface area (TPSA) is 38.9 Å². The number of pyridine rings is 2. The van der Waals surface area contributed by atoms with E-state index < -0.39 is 0 Å². The summed E-state index contributed by atoms with van der Waals surface area (Å²) in [6.45, 7) is 13.1. The summed E-state index contributed by atoms with van der Waals surface area (Å²) in [6.07, 6.45) is 1.99. The highest BCUT2D eigenvalue weighted by Gasteiger charge is 2.19. The molecule has 0 spiro atoms. The van der Waals surface area contributed by atoms with Gasteiger partial charge in [-0.15, -0.1) is 0 Å². The lowest BCUT2D eigenvalue weighted by atomic mass is 9.84. The number of para-hydroxylation sites is 1. The fourth-order valence-corrected chi connectivity index (χ4v) is 6.17. The number of aromatic nitrogens is 2. The van der Waals surface area contributed by atoms with Gasteiger partial charge in [-0.3, -0.25) is 4.98 Å². The van der Waals surface area contributed by atoms with E-state index in [2.05, 4.69) is 125 Å². The standard InChI is InChI=1S/C39H34N2O/c1-23-20-34(26-15-17-27(18-16-26)39(4,5)6)28-10-7-8-11-29(28)36(23)33-21-35(40-22-24(33)2)32-13-9-12-30-31-19-14-25(3)41-38(31)42-37(30)32/h7-22H,1-6H3. The van der Waals surface area contributed by atoms with E-state index >= 15 is 0 Å². The molecule has 0 aliphatic carbocycles.